The van der Waals surface area contributed by atoms with Gasteiger partial charge in [0.15, 0.2) is 5.69 Å². The Labute approximate surface area is 142 Å². The molecule has 0 unspecified atom stereocenters. The number of fused-ring (bicyclic) bond motifs is 3. The van der Waals surface area contributed by atoms with E-state index in [1.165, 1.54) is 21.6 Å². The van der Waals surface area contributed by atoms with Gasteiger partial charge in [-0.25, -0.2) is 9.37 Å². The number of carbonyl (C=O) groups excluding carboxylic acids is 1. The lowest BCUT2D eigenvalue weighted by Gasteiger charge is -2.38. The zero-order valence-corrected chi connectivity index (χ0v) is 13.4. The number of carbonyl (C=O) groups is 1. The van der Waals surface area contributed by atoms with Crippen molar-refractivity contribution in [1.82, 2.24) is 9.38 Å². The number of rotatable bonds is 1. The molecule has 1 aromatic carbocycles. The number of pyridine rings is 1. The van der Waals surface area contributed by atoms with E-state index in [1.54, 1.807) is 30.3 Å². The van der Waals surface area contributed by atoms with Gasteiger partial charge in [0.05, 0.1) is 5.69 Å². The van der Waals surface area contributed by atoms with Crippen LogP contribution in [0.15, 0.2) is 42.6 Å². The highest BCUT2D eigenvalue weighted by atomic mass is 19.1. The molecule has 25 heavy (non-hydrogen) atoms. The van der Waals surface area contributed by atoms with Gasteiger partial charge in [-0.15, -0.1) is 0 Å². The fourth-order valence-corrected chi connectivity index (χ4v) is 4.15. The zero-order valence-electron chi connectivity index (χ0n) is 13.4. The van der Waals surface area contributed by atoms with Crippen LogP contribution < -0.4 is 4.90 Å². The van der Waals surface area contributed by atoms with Crippen LogP contribution in [0.1, 0.15) is 35.3 Å². The topological polar surface area (TPSA) is 37.6 Å². The lowest BCUT2D eigenvalue weighted by molar-refractivity contribution is 0.0970. The van der Waals surface area contributed by atoms with E-state index in [0.717, 1.165) is 19.3 Å². The van der Waals surface area contributed by atoms with E-state index >= 15 is 0 Å². The second-order valence-electron chi connectivity index (χ2n) is 6.84. The number of aromatic nitrogens is 2. The minimum absolute atomic E-state index is 0.224. The van der Waals surface area contributed by atoms with Gasteiger partial charge in [-0.05, 0) is 37.1 Å². The second-order valence-corrected chi connectivity index (χ2v) is 6.84. The van der Waals surface area contributed by atoms with Crippen LogP contribution in [0.25, 0.3) is 5.65 Å². The number of amides is 1. The molecule has 126 valence electrons. The lowest BCUT2D eigenvalue weighted by atomic mass is 9.65. The summed E-state index contributed by atoms with van der Waals surface area (Å²) in [6.07, 6.45) is 4.23. The molecule has 0 saturated heterocycles. The molecule has 1 amide bonds. The number of hydrogen-bond donors (Lipinski definition) is 0. The van der Waals surface area contributed by atoms with Crippen molar-refractivity contribution in [3.63, 3.8) is 0 Å². The van der Waals surface area contributed by atoms with E-state index in [0.29, 0.717) is 23.4 Å². The highest BCUT2D eigenvalue weighted by molar-refractivity contribution is 6.07. The summed E-state index contributed by atoms with van der Waals surface area (Å²) in [6, 6.07) is 9.81. The van der Waals surface area contributed by atoms with Crippen molar-refractivity contribution in [3.05, 3.63) is 65.6 Å². The molecule has 1 aliphatic carbocycles. The van der Waals surface area contributed by atoms with Gasteiger partial charge >= 0.3 is 0 Å². The first kappa shape index (κ1) is 14.6. The predicted molar refractivity (Wildman–Crippen MR) is 88.8 cm³/mol. The van der Waals surface area contributed by atoms with Gasteiger partial charge in [0.25, 0.3) is 5.91 Å². The molecule has 2 aliphatic rings. The van der Waals surface area contributed by atoms with Crippen LogP contribution >= 0.6 is 0 Å². The SMILES string of the molecule is O=C(c1nc2ccccn2c1F)N1CC2(CCC2)c2c(F)cccc21. The van der Waals surface area contributed by atoms with Crippen LogP contribution in [0.2, 0.25) is 0 Å². The highest BCUT2D eigenvalue weighted by Gasteiger charge is 2.50. The fraction of sp³-hybridized carbons (Fsp3) is 0.263. The summed E-state index contributed by atoms with van der Waals surface area (Å²) in [6.45, 7) is 0.384. The van der Waals surface area contributed by atoms with E-state index in [2.05, 4.69) is 4.98 Å². The maximum Gasteiger partial charge on any atom is 0.281 e. The standard InChI is InChI=1S/C19H15F2N3O/c20-12-5-3-6-13-15(12)19(8-4-9-19)11-24(13)18(25)16-17(21)23-10-2-1-7-14(23)22-16/h1-3,5-7,10H,4,8-9,11H2. The Morgan fingerprint density at radius 3 is 2.68 bits per heavy atom. The first-order valence-corrected chi connectivity index (χ1v) is 8.34. The molecule has 1 fully saturated rings. The summed E-state index contributed by atoms with van der Waals surface area (Å²) < 4.78 is 30.4. The van der Waals surface area contributed by atoms with Crippen LogP contribution in [0.3, 0.4) is 0 Å². The minimum Gasteiger partial charge on any atom is -0.306 e. The normalized spacial score (nSPS) is 17.8. The van der Waals surface area contributed by atoms with Crippen molar-refractivity contribution in [2.75, 3.05) is 11.4 Å². The molecule has 4 nitrogen and oxygen atoms in total. The fourth-order valence-electron chi connectivity index (χ4n) is 4.15. The smallest absolute Gasteiger partial charge is 0.281 e. The molecular formula is C19H15F2N3O. The Morgan fingerprint density at radius 1 is 1.12 bits per heavy atom. The first-order valence-electron chi connectivity index (χ1n) is 8.34. The molecule has 2 aromatic heterocycles. The van der Waals surface area contributed by atoms with E-state index < -0.39 is 11.9 Å². The Morgan fingerprint density at radius 2 is 1.96 bits per heavy atom. The molecule has 0 atom stereocenters. The first-order chi connectivity index (χ1) is 12.1. The van der Waals surface area contributed by atoms with Gasteiger partial charge in [-0.1, -0.05) is 18.6 Å². The third-order valence-electron chi connectivity index (χ3n) is 5.50. The van der Waals surface area contributed by atoms with Crippen molar-refractivity contribution >= 4 is 17.2 Å². The molecule has 1 aliphatic heterocycles. The third kappa shape index (κ3) is 1.85. The summed E-state index contributed by atoms with van der Waals surface area (Å²) >= 11 is 0. The molecular weight excluding hydrogens is 324 g/mol. The van der Waals surface area contributed by atoms with E-state index in [1.807, 2.05) is 0 Å². The molecule has 3 heterocycles. The van der Waals surface area contributed by atoms with Gasteiger partial charge in [0.2, 0.25) is 5.95 Å². The summed E-state index contributed by atoms with van der Waals surface area (Å²) in [5, 5.41) is 0. The number of hydrogen-bond acceptors (Lipinski definition) is 2. The molecule has 1 saturated carbocycles. The molecule has 0 N–H and O–H groups in total. The van der Waals surface area contributed by atoms with E-state index in [9.17, 15) is 13.6 Å². The van der Waals surface area contributed by atoms with Crippen molar-refractivity contribution in [3.8, 4) is 0 Å². The second kappa shape index (κ2) is 4.88. The summed E-state index contributed by atoms with van der Waals surface area (Å²) in [7, 11) is 0. The maximum absolute atomic E-state index is 14.7. The van der Waals surface area contributed by atoms with Crippen molar-refractivity contribution < 1.29 is 13.6 Å². The van der Waals surface area contributed by atoms with Gasteiger partial charge in [-0.3, -0.25) is 9.20 Å². The Bertz CT molecular complexity index is 1020. The van der Waals surface area contributed by atoms with Crippen LogP contribution in [-0.2, 0) is 5.41 Å². The quantitative estimate of drug-likeness (QED) is 0.678. The number of nitrogens with zero attached hydrogens (tertiary/aromatic N) is 3. The van der Waals surface area contributed by atoms with Crippen LogP contribution in [0.5, 0.6) is 0 Å². The van der Waals surface area contributed by atoms with E-state index in [4.69, 9.17) is 0 Å². The average Bonchev–Trinajstić information content (AvgIpc) is 3.12. The Kier molecular flexibility index (Phi) is 2.84. The predicted octanol–water partition coefficient (Wildman–Crippen LogP) is 3.69. The summed E-state index contributed by atoms with van der Waals surface area (Å²) in [5.74, 6) is -1.49. The number of benzene rings is 1. The van der Waals surface area contributed by atoms with Crippen LogP contribution in [-0.4, -0.2) is 21.8 Å². The molecule has 0 radical (unpaired) electrons. The molecule has 3 aromatic rings. The largest absolute Gasteiger partial charge is 0.306 e. The zero-order chi connectivity index (χ0) is 17.2. The van der Waals surface area contributed by atoms with Gasteiger partial charge < -0.3 is 4.90 Å². The highest BCUT2D eigenvalue weighted by Crippen LogP contribution is 2.53. The Balaban J connectivity index is 1.63. The van der Waals surface area contributed by atoms with Crippen LogP contribution in [0.4, 0.5) is 14.5 Å². The Hall–Kier alpha value is -2.76. The number of halogens is 2. The van der Waals surface area contributed by atoms with Crippen molar-refractivity contribution in [2.45, 2.75) is 24.7 Å². The van der Waals surface area contributed by atoms with Gasteiger partial charge in [0.1, 0.15) is 11.5 Å². The third-order valence-corrected chi connectivity index (χ3v) is 5.50. The van der Waals surface area contributed by atoms with Crippen molar-refractivity contribution in [2.24, 2.45) is 0 Å². The molecule has 6 heteroatoms. The van der Waals surface area contributed by atoms with Crippen LogP contribution in [0, 0.1) is 11.8 Å². The van der Waals surface area contributed by atoms with Crippen molar-refractivity contribution in [1.29, 1.82) is 0 Å². The molecule has 1 spiro atoms. The minimum atomic E-state index is -0.687. The monoisotopic (exact) mass is 339 g/mol. The summed E-state index contributed by atoms with van der Waals surface area (Å²) in [5.41, 5.74) is 0.962. The number of imidazole rings is 1. The van der Waals surface area contributed by atoms with Gasteiger partial charge in [0, 0.05) is 23.7 Å². The lowest BCUT2D eigenvalue weighted by Crippen LogP contribution is -2.42. The van der Waals surface area contributed by atoms with E-state index in [-0.39, 0.29) is 16.9 Å². The molecule has 5 rings (SSSR count). The molecule has 0 bridgehead atoms. The van der Waals surface area contributed by atoms with Gasteiger partial charge in [-0.2, -0.15) is 4.39 Å². The maximum atomic E-state index is 14.7. The average molecular weight is 339 g/mol. The summed E-state index contributed by atoms with van der Waals surface area (Å²) in [4.78, 5) is 18.7. The number of anilines is 1.